The third-order valence-corrected chi connectivity index (χ3v) is 4.79. The molecule has 0 unspecified atom stereocenters. The molecular formula is C22H16O. The Labute approximate surface area is 135 Å². The van der Waals surface area contributed by atoms with E-state index in [1.807, 2.05) is 0 Å². The van der Waals surface area contributed by atoms with E-state index in [9.17, 15) is 0 Å². The van der Waals surface area contributed by atoms with Crippen molar-refractivity contribution in [3.8, 4) is 11.1 Å². The van der Waals surface area contributed by atoms with Crippen LogP contribution < -0.4 is 0 Å². The quantitative estimate of drug-likeness (QED) is 0.438. The lowest BCUT2D eigenvalue weighted by molar-refractivity contribution is 0.134. The highest BCUT2D eigenvalue weighted by Crippen LogP contribution is 2.38. The Bertz CT molecular complexity index is 1050. The monoisotopic (exact) mass is 296 g/mol. The largest absolute Gasteiger partial charge is 0.372 e. The first-order valence-electron chi connectivity index (χ1n) is 8.00. The number of ether oxygens (including phenoxy) is 1. The molecule has 1 heterocycles. The Morgan fingerprint density at radius 1 is 0.652 bits per heavy atom. The maximum absolute atomic E-state index is 5.74. The van der Waals surface area contributed by atoms with Gasteiger partial charge in [-0.1, -0.05) is 60.7 Å². The molecule has 4 aromatic rings. The van der Waals surface area contributed by atoms with E-state index in [4.69, 9.17) is 4.74 Å². The fourth-order valence-corrected chi connectivity index (χ4v) is 3.68. The normalized spacial score (nSPS) is 13.6. The summed E-state index contributed by atoms with van der Waals surface area (Å²) in [5, 5.41) is 5.17. The van der Waals surface area contributed by atoms with Crippen LogP contribution in [0.5, 0.6) is 0 Å². The van der Waals surface area contributed by atoms with E-state index in [2.05, 4.69) is 72.8 Å². The van der Waals surface area contributed by atoms with Crippen LogP contribution in [0.25, 0.3) is 32.7 Å². The van der Waals surface area contributed by atoms with Crippen LogP contribution in [-0.2, 0) is 18.0 Å². The number of hydrogen-bond acceptors (Lipinski definition) is 1. The van der Waals surface area contributed by atoms with Crippen molar-refractivity contribution in [1.82, 2.24) is 0 Å². The average molecular weight is 296 g/mol. The summed E-state index contributed by atoms with van der Waals surface area (Å²) in [7, 11) is 0. The van der Waals surface area contributed by atoms with Gasteiger partial charge in [0.05, 0.1) is 13.2 Å². The van der Waals surface area contributed by atoms with Gasteiger partial charge in [0.15, 0.2) is 0 Å². The van der Waals surface area contributed by atoms with Crippen LogP contribution in [0, 0.1) is 0 Å². The third kappa shape index (κ3) is 1.97. The zero-order valence-electron chi connectivity index (χ0n) is 12.8. The van der Waals surface area contributed by atoms with Gasteiger partial charge in [-0.05, 0) is 55.9 Å². The average Bonchev–Trinajstić information content (AvgIpc) is 3.07. The SMILES string of the molecule is c1ccc2cc(-c3c4c(cc5ccccc35)COC4)ccc2c1. The lowest BCUT2D eigenvalue weighted by Gasteiger charge is -2.13. The number of fused-ring (bicyclic) bond motifs is 3. The first kappa shape index (κ1) is 12.9. The van der Waals surface area contributed by atoms with Crippen LogP contribution in [0.4, 0.5) is 0 Å². The number of hydrogen-bond donors (Lipinski definition) is 0. The Kier molecular flexibility index (Phi) is 2.76. The van der Waals surface area contributed by atoms with Gasteiger partial charge in [0.1, 0.15) is 0 Å². The van der Waals surface area contributed by atoms with Gasteiger partial charge < -0.3 is 4.74 Å². The molecule has 0 aliphatic carbocycles. The maximum Gasteiger partial charge on any atom is 0.0731 e. The molecule has 1 aliphatic rings. The molecule has 110 valence electrons. The molecule has 0 N–H and O–H groups in total. The van der Waals surface area contributed by atoms with Crippen LogP contribution >= 0.6 is 0 Å². The van der Waals surface area contributed by atoms with E-state index >= 15 is 0 Å². The molecule has 0 atom stereocenters. The molecule has 0 fully saturated rings. The second-order valence-electron chi connectivity index (χ2n) is 6.17. The summed E-state index contributed by atoms with van der Waals surface area (Å²) >= 11 is 0. The first-order valence-corrected chi connectivity index (χ1v) is 8.00. The van der Waals surface area contributed by atoms with Gasteiger partial charge in [-0.25, -0.2) is 0 Å². The first-order chi connectivity index (χ1) is 11.4. The smallest absolute Gasteiger partial charge is 0.0731 e. The topological polar surface area (TPSA) is 9.23 Å². The summed E-state index contributed by atoms with van der Waals surface area (Å²) < 4.78 is 5.74. The van der Waals surface area contributed by atoms with Gasteiger partial charge in [-0.2, -0.15) is 0 Å². The van der Waals surface area contributed by atoms with Crippen molar-refractivity contribution in [2.75, 3.05) is 0 Å². The van der Waals surface area contributed by atoms with E-state index in [-0.39, 0.29) is 0 Å². The van der Waals surface area contributed by atoms with Gasteiger partial charge in [0.25, 0.3) is 0 Å². The molecule has 1 heteroatoms. The molecule has 0 aromatic heterocycles. The summed E-state index contributed by atoms with van der Waals surface area (Å²) in [6.45, 7) is 1.43. The van der Waals surface area contributed by atoms with Crippen LogP contribution in [0.3, 0.4) is 0 Å². The zero-order valence-corrected chi connectivity index (χ0v) is 12.8. The van der Waals surface area contributed by atoms with Crippen molar-refractivity contribution in [2.24, 2.45) is 0 Å². The summed E-state index contributed by atoms with van der Waals surface area (Å²) in [6, 6.07) is 26.2. The lowest BCUT2D eigenvalue weighted by Crippen LogP contribution is -1.91. The standard InChI is InChI=1S/C22H16O/c1-2-6-16-11-18(10-9-15(16)5-1)22-20-8-4-3-7-17(20)12-19-13-23-14-21(19)22/h1-12H,13-14H2. The molecule has 0 saturated carbocycles. The van der Waals surface area contributed by atoms with Crippen molar-refractivity contribution in [3.63, 3.8) is 0 Å². The van der Waals surface area contributed by atoms with E-state index in [1.165, 1.54) is 43.8 Å². The fraction of sp³-hybridized carbons (Fsp3) is 0.0909. The molecule has 0 spiro atoms. The van der Waals surface area contributed by atoms with Gasteiger partial charge in [-0.3, -0.25) is 0 Å². The minimum atomic E-state index is 0.711. The van der Waals surface area contributed by atoms with Gasteiger partial charge in [-0.15, -0.1) is 0 Å². The summed E-state index contributed by atoms with van der Waals surface area (Å²) in [4.78, 5) is 0. The molecule has 0 saturated heterocycles. The minimum Gasteiger partial charge on any atom is -0.372 e. The molecule has 4 aromatic carbocycles. The van der Waals surface area contributed by atoms with Crippen molar-refractivity contribution in [1.29, 1.82) is 0 Å². The predicted molar refractivity (Wildman–Crippen MR) is 95.4 cm³/mol. The van der Waals surface area contributed by atoms with Gasteiger partial charge >= 0.3 is 0 Å². The summed E-state index contributed by atoms with van der Waals surface area (Å²) in [5.74, 6) is 0. The Hall–Kier alpha value is -2.64. The molecule has 1 aliphatic heterocycles. The summed E-state index contributed by atoms with van der Waals surface area (Å²) in [6.07, 6.45) is 0. The molecule has 23 heavy (non-hydrogen) atoms. The van der Waals surface area contributed by atoms with Crippen LogP contribution in [0.2, 0.25) is 0 Å². The summed E-state index contributed by atoms with van der Waals surface area (Å²) in [5.41, 5.74) is 5.29. The van der Waals surface area contributed by atoms with E-state index in [1.54, 1.807) is 0 Å². The lowest BCUT2D eigenvalue weighted by atomic mass is 9.90. The van der Waals surface area contributed by atoms with Gasteiger partial charge in [0.2, 0.25) is 0 Å². The molecule has 5 rings (SSSR count). The van der Waals surface area contributed by atoms with Crippen LogP contribution in [0.1, 0.15) is 11.1 Å². The molecule has 0 amide bonds. The molecule has 0 bridgehead atoms. The maximum atomic E-state index is 5.74. The molecular weight excluding hydrogens is 280 g/mol. The molecule has 0 radical (unpaired) electrons. The zero-order chi connectivity index (χ0) is 15.2. The van der Waals surface area contributed by atoms with Crippen molar-refractivity contribution in [3.05, 3.63) is 83.9 Å². The Morgan fingerprint density at radius 2 is 1.43 bits per heavy atom. The van der Waals surface area contributed by atoms with Crippen molar-refractivity contribution >= 4 is 21.5 Å². The second kappa shape index (κ2) is 4.94. The van der Waals surface area contributed by atoms with E-state index < -0.39 is 0 Å². The Morgan fingerprint density at radius 3 is 2.35 bits per heavy atom. The highest BCUT2D eigenvalue weighted by molar-refractivity contribution is 6.01. The Balaban J connectivity index is 1.87. The van der Waals surface area contributed by atoms with Gasteiger partial charge in [0, 0.05) is 0 Å². The molecule has 1 nitrogen and oxygen atoms in total. The van der Waals surface area contributed by atoms with Crippen LogP contribution in [-0.4, -0.2) is 0 Å². The highest BCUT2D eigenvalue weighted by atomic mass is 16.5. The number of rotatable bonds is 1. The minimum absolute atomic E-state index is 0.711. The number of benzene rings is 4. The predicted octanol–water partition coefficient (Wildman–Crippen LogP) is 5.69. The van der Waals surface area contributed by atoms with E-state index in [0.29, 0.717) is 6.61 Å². The fourth-order valence-electron chi connectivity index (χ4n) is 3.68. The van der Waals surface area contributed by atoms with E-state index in [0.717, 1.165) is 6.61 Å². The second-order valence-corrected chi connectivity index (χ2v) is 6.17. The van der Waals surface area contributed by atoms with Crippen molar-refractivity contribution < 1.29 is 4.74 Å². The van der Waals surface area contributed by atoms with Crippen LogP contribution in [0.15, 0.2) is 72.8 Å². The van der Waals surface area contributed by atoms with Crippen molar-refractivity contribution in [2.45, 2.75) is 13.2 Å². The highest BCUT2D eigenvalue weighted by Gasteiger charge is 2.19. The third-order valence-electron chi connectivity index (χ3n) is 4.79.